The van der Waals surface area contributed by atoms with Crippen LogP contribution in [0.3, 0.4) is 0 Å². The molecular weight excluding hydrogens is 320 g/mol. The van der Waals surface area contributed by atoms with E-state index in [1.807, 2.05) is 11.3 Å². The zero-order valence-electron chi connectivity index (χ0n) is 12.1. The molecule has 1 aliphatic heterocycles. The van der Waals surface area contributed by atoms with E-state index < -0.39 is 0 Å². The van der Waals surface area contributed by atoms with Gasteiger partial charge >= 0.3 is 0 Å². The second-order valence-electron chi connectivity index (χ2n) is 6.06. The number of rotatable bonds is 4. The first kappa shape index (κ1) is 15.5. The molecule has 1 saturated heterocycles. The first-order valence-electron chi connectivity index (χ1n) is 7.26. The van der Waals surface area contributed by atoms with Gasteiger partial charge in [-0.25, -0.2) is 0 Å². The van der Waals surface area contributed by atoms with Gasteiger partial charge in [-0.15, -0.1) is 11.3 Å². The maximum atomic E-state index is 6.43. The number of hydrogen-bond acceptors (Lipinski definition) is 3. The minimum atomic E-state index is 0.225. The Balaban J connectivity index is 2.22. The summed E-state index contributed by atoms with van der Waals surface area (Å²) in [5, 5.41) is 0. The van der Waals surface area contributed by atoms with Crippen LogP contribution in [0.1, 0.15) is 44.5 Å². The van der Waals surface area contributed by atoms with Crippen molar-refractivity contribution in [3.63, 3.8) is 0 Å². The molecule has 2 heterocycles. The highest BCUT2D eigenvalue weighted by atomic mass is 79.9. The summed E-state index contributed by atoms with van der Waals surface area (Å²) >= 11 is 5.41. The Morgan fingerprint density at radius 3 is 2.47 bits per heavy atom. The lowest BCUT2D eigenvalue weighted by Crippen LogP contribution is -2.47. The Kier molecular flexibility index (Phi) is 5.46. The second kappa shape index (κ2) is 6.70. The van der Waals surface area contributed by atoms with Crippen molar-refractivity contribution >= 4 is 27.3 Å². The van der Waals surface area contributed by atoms with Gasteiger partial charge in [0.2, 0.25) is 0 Å². The monoisotopic (exact) mass is 344 g/mol. The molecule has 108 valence electrons. The molecule has 4 heteroatoms. The summed E-state index contributed by atoms with van der Waals surface area (Å²) in [5.74, 6) is 1.55. The van der Waals surface area contributed by atoms with Crippen molar-refractivity contribution in [1.29, 1.82) is 0 Å². The molecule has 0 amide bonds. The van der Waals surface area contributed by atoms with E-state index in [9.17, 15) is 0 Å². The van der Waals surface area contributed by atoms with E-state index in [1.54, 1.807) is 0 Å². The van der Waals surface area contributed by atoms with Crippen molar-refractivity contribution in [2.75, 3.05) is 13.1 Å². The van der Waals surface area contributed by atoms with Crippen LogP contribution >= 0.6 is 27.3 Å². The van der Waals surface area contributed by atoms with Crippen molar-refractivity contribution in [2.24, 2.45) is 17.6 Å². The first-order valence-corrected chi connectivity index (χ1v) is 8.87. The van der Waals surface area contributed by atoms with Crippen LogP contribution in [0.4, 0.5) is 0 Å². The Morgan fingerprint density at radius 2 is 2.00 bits per heavy atom. The Bertz CT molecular complexity index is 397. The van der Waals surface area contributed by atoms with Crippen molar-refractivity contribution in [3.05, 3.63) is 20.8 Å². The van der Waals surface area contributed by atoms with E-state index in [4.69, 9.17) is 5.73 Å². The number of halogens is 1. The third kappa shape index (κ3) is 3.81. The Morgan fingerprint density at radius 1 is 1.37 bits per heavy atom. The number of nitrogens with two attached hydrogens (primary N) is 1. The van der Waals surface area contributed by atoms with Crippen LogP contribution in [0.15, 0.2) is 15.9 Å². The van der Waals surface area contributed by atoms with Crippen molar-refractivity contribution in [3.8, 4) is 0 Å². The highest BCUT2D eigenvalue weighted by Crippen LogP contribution is 2.36. The molecule has 4 unspecified atom stereocenters. The molecular formula is C15H25BrN2S. The molecule has 4 atom stereocenters. The predicted molar refractivity (Wildman–Crippen MR) is 87.5 cm³/mol. The van der Waals surface area contributed by atoms with Gasteiger partial charge in [-0.2, -0.15) is 0 Å². The molecule has 0 aliphatic carbocycles. The molecule has 1 fully saturated rings. The van der Waals surface area contributed by atoms with Gasteiger partial charge in [0.15, 0.2) is 0 Å². The van der Waals surface area contributed by atoms with Crippen molar-refractivity contribution in [1.82, 2.24) is 4.90 Å². The largest absolute Gasteiger partial charge is 0.326 e. The number of hydrogen-bond donors (Lipinski definition) is 1. The van der Waals surface area contributed by atoms with E-state index in [2.05, 4.69) is 53.7 Å². The molecule has 0 bridgehead atoms. The van der Waals surface area contributed by atoms with Gasteiger partial charge in [0.05, 0.1) is 9.83 Å². The SMILES string of the molecule is CCC(N)C(c1ccc(Br)s1)N1CC(C)CC(C)C1. The number of nitrogens with zero attached hydrogens (tertiary/aromatic N) is 1. The summed E-state index contributed by atoms with van der Waals surface area (Å²) in [6, 6.07) is 4.99. The molecule has 2 N–H and O–H groups in total. The van der Waals surface area contributed by atoms with Crippen LogP contribution in [0, 0.1) is 11.8 Å². The van der Waals surface area contributed by atoms with E-state index in [0.717, 1.165) is 18.3 Å². The Labute approximate surface area is 129 Å². The zero-order valence-corrected chi connectivity index (χ0v) is 14.5. The van der Waals surface area contributed by atoms with Gasteiger partial charge in [0, 0.05) is 24.0 Å². The van der Waals surface area contributed by atoms with Gasteiger partial charge in [-0.05, 0) is 52.7 Å². The fraction of sp³-hybridized carbons (Fsp3) is 0.733. The van der Waals surface area contributed by atoms with Gasteiger partial charge in [0.25, 0.3) is 0 Å². The normalized spacial score (nSPS) is 28.3. The van der Waals surface area contributed by atoms with Gasteiger partial charge in [0.1, 0.15) is 0 Å². The smallest absolute Gasteiger partial charge is 0.0702 e. The number of thiophene rings is 1. The fourth-order valence-electron chi connectivity index (χ4n) is 3.31. The lowest BCUT2D eigenvalue weighted by atomic mass is 9.89. The average molecular weight is 345 g/mol. The maximum absolute atomic E-state index is 6.43. The highest BCUT2D eigenvalue weighted by Gasteiger charge is 2.32. The minimum Gasteiger partial charge on any atom is -0.326 e. The van der Waals surface area contributed by atoms with E-state index in [-0.39, 0.29) is 6.04 Å². The molecule has 0 spiro atoms. The lowest BCUT2D eigenvalue weighted by molar-refractivity contribution is 0.0827. The first-order chi connectivity index (χ1) is 9.01. The zero-order chi connectivity index (χ0) is 14.0. The fourth-order valence-corrected chi connectivity index (χ4v) is 4.95. The second-order valence-corrected chi connectivity index (χ2v) is 8.55. The van der Waals surface area contributed by atoms with E-state index in [0.29, 0.717) is 6.04 Å². The van der Waals surface area contributed by atoms with Crippen LogP contribution in [0.25, 0.3) is 0 Å². The number of likely N-dealkylation sites (tertiary alicyclic amines) is 1. The molecule has 0 aromatic carbocycles. The molecule has 1 aromatic rings. The maximum Gasteiger partial charge on any atom is 0.0702 e. The summed E-state index contributed by atoms with van der Waals surface area (Å²) in [7, 11) is 0. The molecule has 0 radical (unpaired) electrons. The van der Waals surface area contributed by atoms with Gasteiger partial charge in [-0.1, -0.05) is 20.8 Å². The lowest BCUT2D eigenvalue weighted by Gasteiger charge is -2.42. The molecule has 0 saturated carbocycles. The van der Waals surface area contributed by atoms with Crippen LogP contribution < -0.4 is 5.73 Å². The van der Waals surface area contributed by atoms with Gasteiger partial charge < -0.3 is 5.73 Å². The molecule has 2 nitrogen and oxygen atoms in total. The van der Waals surface area contributed by atoms with Crippen LogP contribution in [0.2, 0.25) is 0 Å². The highest BCUT2D eigenvalue weighted by molar-refractivity contribution is 9.11. The van der Waals surface area contributed by atoms with Crippen molar-refractivity contribution in [2.45, 2.75) is 45.7 Å². The van der Waals surface area contributed by atoms with E-state index in [1.165, 1.54) is 28.2 Å². The summed E-state index contributed by atoms with van der Waals surface area (Å²) in [5.41, 5.74) is 6.43. The van der Waals surface area contributed by atoms with Crippen LogP contribution in [0.5, 0.6) is 0 Å². The summed E-state index contributed by atoms with van der Waals surface area (Å²) < 4.78 is 1.20. The Hall–Kier alpha value is 0.1000. The predicted octanol–water partition coefficient (Wildman–Crippen LogP) is 4.27. The standard InChI is InChI=1S/C15H25BrN2S/c1-4-12(17)15(13-5-6-14(16)19-13)18-8-10(2)7-11(3)9-18/h5-6,10-12,15H,4,7-9,17H2,1-3H3. The van der Waals surface area contributed by atoms with Crippen molar-refractivity contribution < 1.29 is 0 Å². The molecule has 1 aliphatic rings. The summed E-state index contributed by atoms with van der Waals surface area (Å²) in [4.78, 5) is 4.02. The summed E-state index contributed by atoms with van der Waals surface area (Å²) in [6.45, 7) is 9.27. The third-order valence-corrected chi connectivity index (χ3v) is 5.75. The average Bonchev–Trinajstić information content (AvgIpc) is 2.74. The quantitative estimate of drug-likeness (QED) is 0.883. The van der Waals surface area contributed by atoms with Gasteiger partial charge in [-0.3, -0.25) is 4.90 Å². The summed E-state index contributed by atoms with van der Waals surface area (Å²) in [6.07, 6.45) is 2.37. The van der Waals surface area contributed by atoms with E-state index >= 15 is 0 Å². The van der Waals surface area contributed by atoms with Crippen LogP contribution in [-0.4, -0.2) is 24.0 Å². The molecule has 2 rings (SSSR count). The minimum absolute atomic E-state index is 0.225. The molecule has 19 heavy (non-hydrogen) atoms. The molecule has 1 aromatic heterocycles. The van der Waals surface area contributed by atoms with Crippen LogP contribution in [-0.2, 0) is 0 Å². The number of piperidine rings is 1. The topological polar surface area (TPSA) is 29.3 Å². The third-order valence-electron chi connectivity index (χ3n) is 4.05.